The van der Waals surface area contributed by atoms with Gasteiger partial charge in [0.05, 0.1) is 22.8 Å². The lowest BCUT2D eigenvalue weighted by molar-refractivity contribution is 0.0484. The number of nitrogens with one attached hydrogen (secondary N) is 2. The number of hydrogen-bond acceptors (Lipinski definition) is 7. The minimum atomic E-state index is -0.443. The van der Waals surface area contributed by atoms with E-state index in [0.29, 0.717) is 24.9 Å². The van der Waals surface area contributed by atoms with Gasteiger partial charge in [0.1, 0.15) is 18.8 Å². The van der Waals surface area contributed by atoms with Crippen LogP contribution in [0.1, 0.15) is 12.5 Å². The Balaban J connectivity index is 1.11. The molecule has 2 atom stereocenters. The number of hydrogen-bond donors (Lipinski definition) is 2. The Hall–Kier alpha value is -5.97. The minimum Gasteiger partial charge on any atom is -0.445 e. The first-order valence-electron chi connectivity index (χ1n) is 15.6. The molecule has 1 saturated heterocycles. The summed E-state index contributed by atoms with van der Waals surface area (Å²) >= 11 is 0. The maximum absolute atomic E-state index is 13.6. The van der Waals surface area contributed by atoms with Crippen LogP contribution in [0.5, 0.6) is 0 Å². The van der Waals surface area contributed by atoms with Crippen molar-refractivity contribution in [3.05, 3.63) is 121 Å². The second-order valence-electron chi connectivity index (χ2n) is 11.5. The van der Waals surface area contributed by atoms with Gasteiger partial charge in [-0.15, -0.1) is 0 Å². The third-order valence-electron chi connectivity index (χ3n) is 8.45. The van der Waals surface area contributed by atoms with E-state index in [1.54, 1.807) is 22.3 Å². The van der Waals surface area contributed by atoms with Gasteiger partial charge in [-0.1, -0.05) is 78.9 Å². The Kier molecular flexibility index (Phi) is 8.33. The number of carbonyl (C=O) groups is 2. The van der Waals surface area contributed by atoms with Gasteiger partial charge in [0.15, 0.2) is 0 Å². The third kappa shape index (κ3) is 6.41. The standard InChI is InChI=1S/C36H34N8O3/c1-25(39-34-37-19-18-33(41-34)44-24-38-30-15-7-8-17-31(30)44)32-22-42(20-21-43(32)36(46)47-23-26-10-3-2-4-11-26)35(45)40-29-16-9-13-27-12-5-6-14-28(27)29/h2-19,24-25,32H,20-23H2,1H3,(H,40,45)(H,37,39,41)/t25-,32?/m0/s1. The summed E-state index contributed by atoms with van der Waals surface area (Å²) in [5, 5.41) is 8.48. The maximum atomic E-state index is 13.6. The molecule has 0 radical (unpaired) electrons. The van der Waals surface area contributed by atoms with E-state index < -0.39 is 12.1 Å². The van der Waals surface area contributed by atoms with E-state index in [0.717, 1.165) is 33.1 Å². The van der Waals surface area contributed by atoms with E-state index in [2.05, 4.69) is 20.6 Å². The predicted molar refractivity (Wildman–Crippen MR) is 181 cm³/mol. The number of fused-ring (bicyclic) bond motifs is 2. The quantitative estimate of drug-likeness (QED) is 0.213. The number of ether oxygens (including phenoxy) is 1. The molecule has 2 aromatic heterocycles. The van der Waals surface area contributed by atoms with Gasteiger partial charge in [0.2, 0.25) is 5.95 Å². The van der Waals surface area contributed by atoms with Crippen molar-refractivity contribution in [2.45, 2.75) is 25.6 Å². The first-order valence-corrected chi connectivity index (χ1v) is 15.6. The van der Waals surface area contributed by atoms with Crippen LogP contribution in [0.3, 0.4) is 0 Å². The van der Waals surface area contributed by atoms with E-state index in [9.17, 15) is 9.59 Å². The van der Waals surface area contributed by atoms with Crippen LogP contribution in [-0.2, 0) is 11.3 Å². The molecule has 1 aliphatic rings. The third-order valence-corrected chi connectivity index (χ3v) is 8.45. The van der Waals surface area contributed by atoms with Crippen LogP contribution in [-0.4, -0.2) is 73.2 Å². The number of rotatable bonds is 7. The highest BCUT2D eigenvalue weighted by molar-refractivity contribution is 6.01. The van der Waals surface area contributed by atoms with Gasteiger partial charge in [-0.2, -0.15) is 4.98 Å². The minimum absolute atomic E-state index is 0.153. The van der Waals surface area contributed by atoms with Crippen molar-refractivity contribution >= 4 is 45.6 Å². The van der Waals surface area contributed by atoms with Gasteiger partial charge in [-0.05, 0) is 42.1 Å². The fraction of sp³-hybridized carbons (Fsp3) is 0.194. The molecule has 2 N–H and O–H groups in total. The Morgan fingerprint density at radius 1 is 0.894 bits per heavy atom. The topological polar surface area (TPSA) is 118 Å². The van der Waals surface area contributed by atoms with Crippen molar-refractivity contribution in [1.82, 2.24) is 29.3 Å². The van der Waals surface area contributed by atoms with Crippen LogP contribution < -0.4 is 10.6 Å². The zero-order valence-electron chi connectivity index (χ0n) is 25.9. The van der Waals surface area contributed by atoms with Crippen molar-refractivity contribution in [3.63, 3.8) is 0 Å². The molecule has 3 heterocycles. The number of nitrogens with zero attached hydrogens (tertiary/aromatic N) is 6. The molecular weight excluding hydrogens is 592 g/mol. The van der Waals surface area contributed by atoms with Crippen LogP contribution in [0, 0.1) is 0 Å². The van der Waals surface area contributed by atoms with Gasteiger partial charge in [-0.25, -0.2) is 19.6 Å². The van der Waals surface area contributed by atoms with E-state index in [4.69, 9.17) is 9.72 Å². The normalized spacial score (nSPS) is 15.4. The molecule has 47 heavy (non-hydrogen) atoms. The molecule has 6 aromatic rings. The number of aromatic nitrogens is 4. The van der Waals surface area contributed by atoms with E-state index in [-0.39, 0.29) is 25.2 Å². The number of piperazine rings is 1. The largest absolute Gasteiger partial charge is 0.445 e. The molecule has 4 aromatic carbocycles. The first-order chi connectivity index (χ1) is 23.0. The second kappa shape index (κ2) is 13.2. The number of carbonyl (C=O) groups excluding carboxylic acids is 2. The number of urea groups is 1. The molecule has 1 unspecified atom stereocenters. The number of anilines is 2. The van der Waals surface area contributed by atoms with Crippen molar-refractivity contribution in [2.75, 3.05) is 30.3 Å². The lowest BCUT2D eigenvalue weighted by Crippen LogP contribution is -2.61. The zero-order valence-corrected chi connectivity index (χ0v) is 25.9. The highest BCUT2D eigenvalue weighted by Crippen LogP contribution is 2.25. The number of para-hydroxylation sites is 2. The van der Waals surface area contributed by atoms with Crippen molar-refractivity contribution in [2.24, 2.45) is 0 Å². The summed E-state index contributed by atoms with van der Waals surface area (Å²) in [5.41, 5.74) is 3.42. The number of benzene rings is 4. The van der Waals surface area contributed by atoms with Crippen molar-refractivity contribution in [1.29, 1.82) is 0 Å². The SMILES string of the molecule is C[C@H](Nc1nccc(-n2cnc3ccccc32)n1)C1CN(C(=O)Nc2cccc3ccccc23)CCN1C(=O)OCc1ccccc1. The van der Waals surface area contributed by atoms with Crippen LogP contribution >= 0.6 is 0 Å². The molecule has 1 aliphatic heterocycles. The smallest absolute Gasteiger partial charge is 0.410 e. The molecule has 0 bridgehead atoms. The Bertz CT molecular complexity index is 2030. The average Bonchev–Trinajstić information content (AvgIpc) is 3.55. The predicted octanol–water partition coefficient (Wildman–Crippen LogP) is 6.32. The van der Waals surface area contributed by atoms with Crippen LogP contribution in [0.25, 0.3) is 27.6 Å². The molecule has 3 amide bonds. The van der Waals surface area contributed by atoms with Gasteiger partial charge in [0, 0.05) is 37.3 Å². The summed E-state index contributed by atoms with van der Waals surface area (Å²) in [6.45, 7) is 3.03. The lowest BCUT2D eigenvalue weighted by Gasteiger charge is -2.43. The zero-order chi connectivity index (χ0) is 32.2. The van der Waals surface area contributed by atoms with E-state index in [1.165, 1.54) is 0 Å². The highest BCUT2D eigenvalue weighted by atomic mass is 16.6. The summed E-state index contributed by atoms with van der Waals surface area (Å²) in [7, 11) is 0. The summed E-state index contributed by atoms with van der Waals surface area (Å²) in [6.07, 6.45) is 2.97. The van der Waals surface area contributed by atoms with Crippen LogP contribution in [0.15, 0.2) is 116 Å². The van der Waals surface area contributed by atoms with Gasteiger partial charge >= 0.3 is 12.1 Å². The number of amides is 3. The summed E-state index contributed by atoms with van der Waals surface area (Å²) < 4.78 is 7.65. The van der Waals surface area contributed by atoms with Gasteiger partial charge in [0.25, 0.3) is 0 Å². The summed E-state index contributed by atoms with van der Waals surface area (Å²) in [4.78, 5) is 44.3. The fourth-order valence-corrected chi connectivity index (χ4v) is 5.97. The van der Waals surface area contributed by atoms with E-state index in [1.807, 2.05) is 115 Å². The van der Waals surface area contributed by atoms with Crippen molar-refractivity contribution in [3.8, 4) is 5.82 Å². The summed E-state index contributed by atoms with van der Waals surface area (Å²) in [6, 6.07) is 32.0. The molecule has 0 spiro atoms. The molecule has 11 nitrogen and oxygen atoms in total. The fourth-order valence-electron chi connectivity index (χ4n) is 5.97. The molecule has 0 saturated carbocycles. The molecule has 236 valence electrons. The van der Waals surface area contributed by atoms with Crippen molar-refractivity contribution < 1.29 is 14.3 Å². The molecule has 0 aliphatic carbocycles. The van der Waals surface area contributed by atoms with Crippen LogP contribution in [0.4, 0.5) is 21.2 Å². The second-order valence-corrected chi connectivity index (χ2v) is 11.5. The Morgan fingerprint density at radius 3 is 2.57 bits per heavy atom. The monoisotopic (exact) mass is 626 g/mol. The van der Waals surface area contributed by atoms with Gasteiger partial charge < -0.3 is 20.3 Å². The summed E-state index contributed by atoms with van der Waals surface area (Å²) in [5.74, 6) is 1.05. The first kappa shape index (κ1) is 29.7. The molecular formula is C36H34N8O3. The van der Waals surface area contributed by atoms with E-state index >= 15 is 0 Å². The Morgan fingerprint density at radius 2 is 1.68 bits per heavy atom. The maximum Gasteiger partial charge on any atom is 0.410 e. The van der Waals surface area contributed by atoms with Crippen LogP contribution in [0.2, 0.25) is 0 Å². The Labute approximate surface area is 271 Å². The highest BCUT2D eigenvalue weighted by Gasteiger charge is 2.37. The molecule has 11 heteroatoms. The number of imidazole rings is 1. The molecule has 1 fully saturated rings. The van der Waals surface area contributed by atoms with Gasteiger partial charge in [-0.3, -0.25) is 9.47 Å². The lowest BCUT2D eigenvalue weighted by atomic mass is 10.1. The average molecular weight is 627 g/mol. The molecule has 7 rings (SSSR count).